The molecule has 0 fully saturated rings. The van der Waals surface area contributed by atoms with E-state index in [0.29, 0.717) is 6.42 Å². The van der Waals surface area contributed by atoms with Crippen molar-refractivity contribution in [3.05, 3.63) is 29.8 Å². The fourth-order valence-electron chi connectivity index (χ4n) is 1.32. The molecule has 2 nitrogen and oxygen atoms in total. The molecule has 0 saturated heterocycles. The van der Waals surface area contributed by atoms with Crippen LogP contribution >= 0.6 is 0 Å². The number of carbonyl (C=O) groups is 1. The quantitative estimate of drug-likeness (QED) is 0.773. The Morgan fingerprint density at radius 1 is 1.41 bits per heavy atom. The molecule has 0 aliphatic rings. The Hall–Kier alpha value is -0.736. The second-order valence-electron chi connectivity index (χ2n) is 3.56. The van der Waals surface area contributed by atoms with Crippen LogP contribution in [0.1, 0.15) is 26.2 Å². The summed E-state index contributed by atoms with van der Waals surface area (Å²) < 4.78 is 25.9. The molecule has 0 bridgehead atoms. The summed E-state index contributed by atoms with van der Waals surface area (Å²) in [7, 11) is 1.47. The first kappa shape index (κ1) is 16.3. The van der Waals surface area contributed by atoms with E-state index in [2.05, 4.69) is 0 Å². The van der Waals surface area contributed by atoms with E-state index in [4.69, 9.17) is 0 Å². The Morgan fingerprint density at radius 2 is 2.06 bits per heavy atom. The van der Waals surface area contributed by atoms with Crippen molar-refractivity contribution in [3.63, 3.8) is 0 Å². The van der Waals surface area contributed by atoms with Crippen LogP contribution in [-0.2, 0) is 26.5 Å². The van der Waals surface area contributed by atoms with Gasteiger partial charge in [-0.05, 0) is 18.6 Å². The molecule has 17 heavy (non-hydrogen) atoms. The summed E-state index contributed by atoms with van der Waals surface area (Å²) in [4.78, 5) is 12.8. The second-order valence-corrected chi connectivity index (χ2v) is 3.56. The van der Waals surface area contributed by atoms with Gasteiger partial charge in [-0.25, -0.2) is 8.78 Å². The van der Waals surface area contributed by atoms with Crippen molar-refractivity contribution in [2.75, 3.05) is 11.9 Å². The Morgan fingerprint density at radius 3 is 2.59 bits per heavy atom. The first-order chi connectivity index (χ1) is 7.56. The molecule has 0 aliphatic carbocycles. The van der Waals surface area contributed by atoms with E-state index in [0.717, 1.165) is 18.9 Å². The van der Waals surface area contributed by atoms with E-state index in [9.17, 15) is 13.6 Å². The van der Waals surface area contributed by atoms with Crippen molar-refractivity contribution >= 4 is 11.6 Å². The van der Waals surface area contributed by atoms with Gasteiger partial charge in [0.25, 0.3) is 0 Å². The van der Waals surface area contributed by atoms with E-state index >= 15 is 0 Å². The number of nitrogens with zero attached hydrogens (tertiary/aromatic N) is 1. The number of amides is 1. The summed E-state index contributed by atoms with van der Waals surface area (Å²) in [6.45, 7) is 1.97. The van der Waals surface area contributed by atoms with Gasteiger partial charge in [0, 0.05) is 35.2 Å². The third-order valence-electron chi connectivity index (χ3n) is 2.32. The summed E-state index contributed by atoms with van der Waals surface area (Å²) in [5.74, 6) is -1.79. The zero-order valence-corrected chi connectivity index (χ0v) is 11.4. The van der Waals surface area contributed by atoms with Crippen molar-refractivity contribution in [2.45, 2.75) is 26.2 Å². The van der Waals surface area contributed by atoms with E-state index in [-0.39, 0.29) is 33.3 Å². The molecule has 0 atom stereocenters. The predicted molar refractivity (Wildman–Crippen MR) is 58.1 cm³/mol. The maximum Gasteiger partial charge on any atom is 0.226 e. The number of rotatable bonds is 4. The number of hydrogen-bond acceptors (Lipinski definition) is 1. The molecule has 1 aromatic rings. The Kier molecular flexibility index (Phi) is 7.24. The third kappa shape index (κ3) is 4.56. The first-order valence-corrected chi connectivity index (χ1v) is 5.20. The molecule has 0 aromatic heterocycles. The summed E-state index contributed by atoms with van der Waals surface area (Å²) in [6, 6.07) is 4.23. The van der Waals surface area contributed by atoms with Crippen LogP contribution in [0.5, 0.6) is 0 Å². The van der Waals surface area contributed by atoms with Crippen LogP contribution in [-0.4, -0.2) is 13.0 Å². The smallest absolute Gasteiger partial charge is 0.226 e. The topological polar surface area (TPSA) is 20.3 Å². The average molecular weight is 274 g/mol. The summed E-state index contributed by atoms with van der Waals surface area (Å²) >= 11 is 0. The molecule has 1 aromatic carbocycles. The van der Waals surface area contributed by atoms with Gasteiger partial charge >= 0.3 is 0 Å². The fraction of sp³-hybridized carbons (Fsp3) is 0.417. The number of halogens is 2. The van der Waals surface area contributed by atoms with Gasteiger partial charge in [0.1, 0.15) is 5.82 Å². The standard InChI is InChI=1S/C12H14F2NO.Ti/c1-3-4-5-12(16)15(2)11-7-6-9(13)8-10(11)14;/h6-7H,3-5H2,1-2H3;. The monoisotopic (exact) mass is 274 g/mol. The largest absolute Gasteiger partial charge is 0.313 e. The Labute approximate surface area is 115 Å². The van der Waals surface area contributed by atoms with Crippen LogP contribution in [0.25, 0.3) is 0 Å². The zero-order chi connectivity index (χ0) is 12.1. The van der Waals surface area contributed by atoms with Gasteiger partial charge in [0.15, 0.2) is 5.82 Å². The maximum absolute atomic E-state index is 13.3. The van der Waals surface area contributed by atoms with Crippen LogP contribution in [0.4, 0.5) is 14.5 Å². The van der Waals surface area contributed by atoms with Crippen molar-refractivity contribution in [2.24, 2.45) is 0 Å². The molecular formula is C12H14F2NOTi. The fourth-order valence-corrected chi connectivity index (χ4v) is 1.32. The van der Waals surface area contributed by atoms with Crippen LogP contribution in [0.2, 0.25) is 0 Å². The third-order valence-corrected chi connectivity index (χ3v) is 2.32. The van der Waals surface area contributed by atoms with Crippen molar-refractivity contribution < 1.29 is 35.3 Å². The predicted octanol–water partition coefficient (Wildman–Crippen LogP) is 2.92. The summed E-state index contributed by atoms with van der Waals surface area (Å²) in [6.07, 6.45) is 2.02. The minimum absolute atomic E-state index is 0. The van der Waals surface area contributed by atoms with E-state index in [1.165, 1.54) is 18.0 Å². The number of benzene rings is 1. The molecule has 0 spiro atoms. The Bertz CT molecular complexity index is 385. The van der Waals surface area contributed by atoms with E-state index in [1.54, 1.807) is 0 Å². The number of anilines is 1. The SMILES string of the molecule is CCCCC(=O)N(C)c1ccc(F)[c]c1F.[Ti]. The van der Waals surface area contributed by atoms with Crippen LogP contribution in [0, 0.1) is 17.7 Å². The summed E-state index contributed by atoms with van der Waals surface area (Å²) in [5, 5.41) is 0. The molecule has 1 rings (SSSR count). The molecule has 0 N–H and O–H groups in total. The van der Waals surface area contributed by atoms with Gasteiger partial charge in [0.2, 0.25) is 5.91 Å². The van der Waals surface area contributed by atoms with Crippen LogP contribution in [0.3, 0.4) is 0 Å². The normalized spacial score (nSPS) is 9.65. The Balaban J connectivity index is 0.00000256. The van der Waals surface area contributed by atoms with Gasteiger partial charge in [0.05, 0.1) is 11.8 Å². The summed E-state index contributed by atoms with van der Waals surface area (Å²) in [5.41, 5.74) is 0.0579. The molecule has 5 heteroatoms. The molecule has 0 saturated carbocycles. The van der Waals surface area contributed by atoms with Crippen molar-refractivity contribution in [1.82, 2.24) is 0 Å². The molecule has 1 amide bonds. The van der Waals surface area contributed by atoms with Crippen LogP contribution in [0.15, 0.2) is 12.1 Å². The first-order valence-electron chi connectivity index (χ1n) is 5.20. The van der Waals surface area contributed by atoms with Gasteiger partial charge in [-0.1, -0.05) is 13.3 Å². The zero-order valence-electron chi connectivity index (χ0n) is 9.89. The second kappa shape index (κ2) is 7.56. The van der Waals surface area contributed by atoms with Crippen molar-refractivity contribution in [3.8, 4) is 0 Å². The maximum atomic E-state index is 13.3. The van der Waals surface area contributed by atoms with E-state index < -0.39 is 11.6 Å². The average Bonchev–Trinajstić information content (AvgIpc) is 2.25. The molecule has 91 valence electrons. The number of unbranched alkanes of at least 4 members (excludes halogenated alkanes) is 1. The molecular weight excluding hydrogens is 260 g/mol. The van der Waals surface area contributed by atoms with Gasteiger partial charge in [-0.15, -0.1) is 0 Å². The molecule has 0 aliphatic heterocycles. The molecule has 0 unspecified atom stereocenters. The van der Waals surface area contributed by atoms with E-state index in [1.807, 2.05) is 13.0 Å². The molecule has 0 heterocycles. The minimum atomic E-state index is -0.840. The number of hydrogen-bond donors (Lipinski definition) is 0. The van der Waals surface area contributed by atoms with Gasteiger partial charge in [-0.2, -0.15) is 0 Å². The molecule has 1 radical (unpaired) electrons. The van der Waals surface area contributed by atoms with Gasteiger partial charge in [-0.3, -0.25) is 4.79 Å². The van der Waals surface area contributed by atoms with Gasteiger partial charge < -0.3 is 4.90 Å². The van der Waals surface area contributed by atoms with Crippen molar-refractivity contribution in [1.29, 1.82) is 0 Å². The van der Waals surface area contributed by atoms with Crippen LogP contribution < -0.4 is 4.90 Å². The minimum Gasteiger partial charge on any atom is -0.313 e. The number of carbonyl (C=O) groups excluding carboxylic acids is 1.